The summed E-state index contributed by atoms with van der Waals surface area (Å²) in [5.74, 6) is -2.43. The smallest absolute Gasteiger partial charge is 0.414 e. The topological polar surface area (TPSA) is 227 Å². The lowest BCUT2D eigenvalue weighted by Gasteiger charge is -2.34. The zero-order valence-electron chi connectivity index (χ0n) is 25.5. The predicted octanol–water partition coefficient (Wildman–Crippen LogP) is 3.99. The van der Waals surface area contributed by atoms with Crippen LogP contribution in [-0.4, -0.2) is 74.8 Å². The first-order chi connectivity index (χ1) is 21.3. The second-order valence-electron chi connectivity index (χ2n) is 11.0. The number of ether oxygens (including phenoxy) is 1. The lowest BCUT2D eigenvalue weighted by Crippen LogP contribution is -2.54. The Balaban J connectivity index is 2.03. The first-order valence-electron chi connectivity index (χ1n) is 14.4. The van der Waals surface area contributed by atoms with Gasteiger partial charge in [0, 0.05) is 50.7 Å². The minimum absolute atomic E-state index is 0.0313. The number of imidazole rings is 1. The van der Waals surface area contributed by atoms with Crippen molar-refractivity contribution in [2.45, 2.75) is 82.8 Å². The van der Waals surface area contributed by atoms with E-state index in [1.807, 2.05) is 0 Å². The van der Waals surface area contributed by atoms with Crippen LogP contribution in [0.2, 0.25) is 0 Å². The first kappa shape index (κ1) is 35.7. The summed E-state index contributed by atoms with van der Waals surface area (Å²) in [4.78, 5) is 51.4. The third-order valence-corrected chi connectivity index (χ3v) is 9.55. The van der Waals surface area contributed by atoms with Gasteiger partial charge < -0.3 is 23.5 Å². The highest BCUT2D eigenvalue weighted by Crippen LogP contribution is 2.52. The lowest BCUT2D eigenvalue weighted by molar-refractivity contribution is -0.394. The molecule has 18 heteroatoms. The van der Waals surface area contributed by atoms with Crippen molar-refractivity contribution in [2.24, 2.45) is 5.92 Å². The van der Waals surface area contributed by atoms with E-state index in [0.29, 0.717) is 6.42 Å². The van der Waals surface area contributed by atoms with E-state index in [1.54, 1.807) is 13.8 Å². The van der Waals surface area contributed by atoms with E-state index >= 15 is 0 Å². The molecule has 3 atom stereocenters. The van der Waals surface area contributed by atoms with Gasteiger partial charge in [-0.2, -0.15) is 0 Å². The number of benzene rings is 1. The van der Waals surface area contributed by atoms with Gasteiger partial charge in [-0.15, -0.1) is 0 Å². The molecule has 0 saturated heterocycles. The number of aliphatic hydroxyl groups excluding tert-OH is 1. The van der Waals surface area contributed by atoms with Crippen molar-refractivity contribution in [3.8, 4) is 5.69 Å². The van der Waals surface area contributed by atoms with Crippen LogP contribution in [0.1, 0.15) is 58.1 Å². The predicted molar refractivity (Wildman–Crippen MR) is 160 cm³/mol. The molecule has 0 bridgehead atoms. The standard InChI is InChI=1S/C27H39N6O11P/c1-17(2)44-27(36)30-25(34)23(29-24(10-18-8-6-5-7-9-18)26(35)45(41,42-3)43-4)14-22-15-28-16-31(22)19-11-20(32(37)38)13-21(12-19)33(39)40/h11-13,15-18,23-24,26,29,35H,5-10,14H2,1-4H3,(H,30,34,36)/t23-,24-,26?/m0/s1. The second kappa shape index (κ2) is 16.0. The lowest BCUT2D eigenvalue weighted by atomic mass is 9.84. The molecule has 1 aromatic heterocycles. The van der Waals surface area contributed by atoms with Crippen LogP contribution in [0, 0.1) is 26.1 Å². The third-order valence-electron chi connectivity index (χ3n) is 7.52. The number of hydrogen-bond acceptors (Lipinski definition) is 13. The van der Waals surface area contributed by atoms with Gasteiger partial charge in [-0.1, -0.05) is 32.1 Å². The van der Waals surface area contributed by atoms with Crippen molar-refractivity contribution in [2.75, 3.05) is 14.2 Å². The van der Waals surface area contributed by atoms with Crippen molar-refractivity contribution >= 4 is 31.0 Å². The molecular weight excluding hydrogens is 615 g/mol. The number of non-ortho nitro benzene ring substituents is 2. The fourth-order valence-electron chi connectivity index (χ4n) is 5.33. The van der Waals surface area contributed by atoms with E-state index in [4.69, 9.17) is 13.8 Å². The molecule has 2 aromatic rings. The summed E-state index contributed by atoms with van der Waals surface area (Å²) in [6.45, 7) is 3.19. The molecule has 2 amide bonds. The number of imide groups is 1. The Kier molecular flexibility index (Phi) is 12.7. The van der Waals surface area contributed by atoms with Crippen molar-refractivity contribution in [3.63, 3.8) is 0 Å². The van der Waals surface area contributed by atoms with Crippen LogP contribution in [0.5, 0.6) is 0 Å². The van der Waals surface area contributed by atoms with E-state index in [1.165, 1.54) is 17.1 Å². The number of carbonyl (C=O) groups excluding carboxylic acids is 2. The van der Waals surface area contributed by atoms with E-state index in [0.717, 1.165) is 64.5 Å². The van der Waals surface area contributed by atoms with Gasteiger partial charge in [0.25, 0.3) is 11.4 Å². The van der Waals surface area contributed by atoms with Crippen molar-refractivity contribution in [1.29, 1.82) is 0 Å². The van der Waals surface area contributed by atoms with Gasteiger partial charge in [-0.3, -0.25) is 40.2 Å². The number of alkyl carbamates (subject to hydrolysis) is 1. The number of nitro benzene ring substituents is 2. The second-order valence-corrected chi connectivity index (χ2v) is 13.3. The molecule has 1 saturated carbocycles. The molecule has 3 rings (SSSR count). The SMILES string of the molecule is COP(=O)(OC)C(O)[C@H](CC1CCCCC1)N[C@@H](Cc1cncn1-c1cc([N+](=O)[O-])cc([N+](=O)[O-])c1)C(=O)NC(=O)OC(C)C. The normalized spacial score (nSPS) is 16.1. The number of carbonyl (C=O) groups is 2. The molecular formula is C27H39N6O11P. The molecule has 1 fully saturated rings. The number of hydrogen-bond donors (Lipinski definition) is 3. The Hall–Kier alpha value is -3.76. The summed E-state index contributed by atoms with van der Waals surface area (Å²) >= 11 is 0. The number of nitrogens with zero attached hydrogens (tertiary/aromatic N) is 4. The van der Waals surface area contributed by atoms with Gasteiger partial charge in [0.05, 0.1) is 40.1 Å². The van der Waals surface area contributed by atoms with Gasteiger partial charge in [0.15, 0.2) is 5.85 Å². The van der Waals surface area contributed by atoms with Crippen molar-refractivity contribution < 1.29 is 42.9 Å². The number of aromatic nitrogens is 2. The zero-order valence-corrected chi connectivity index (χ0v) is 26.4. The molecule has 3 N–H and O–H groups in total. The minimum Gasteiger partial charge on any atom is -0.447 e. The highest BCUT2D eigenvalue weighted by molar-refractivity contribution is 7.54. The first-order valence-corrected chi connectivity index (χ1v) is 16.0. The van der Waals surface area contributed by atoms with Crippen LogP contribution in [0.15, 0.2) is 30.7 Å². The van der Waals surface area contributed by atoms with E-state index in [2.05, 4.69) is 15.6 Å². The fourth-order valence-corrected chi connectivity index (χ4v) is 6.56. The molecule has 1 unspecified atom stereocenters. The Bertz CT molecular complexity index is 1370. The maximum absolute atomic E-state index is 13.5. The van der Waals surface area contributed by atoms with Crippen LogP contribution >= 0.6 is 7.60 Å². The minimum atomic E-state index is -4.06. The molecule has 0 aliphatic heterocycles. The molecule has 17 nitrogen and oxygen atoms in total. The molecule has 1 aromatic carbocycles. The van der Waals surface area contributed by atoms with Crippen molar-refractivity contribution in [3.05, 3.63) is 56.6 Å². The number of nitrogens with one attached hydrogen (secondary N) is 2. The van der Waals surface area contributed by atoms with Crippen LogP contribution in [0.25, 0.3) is 5.69 Å². The largest absolute Gasteiger partial charge is 0.447 e. The number of nitro groups is 2. The number of aliphatic hydroxyl groups is 1. The Morgan fingerprint density at radius 2 is 1.69 bits per heavy atom. The summed E-state index contributed by atoms with van der Waals surface area (Å²) in [5.41, 5.74) is -0.771. The summed E-state index contributed by atoms with van der Waals surface area (Å²) in [7, 11) is -1.80. The zero-order chi connectivity index (χ0) is 33.3. The van der Waals surface area contributed by atoms with Gasteiger partial charge >= 0.3 is 13.7 Å². The van der Waals surface area contributed by atoms with E-state index in [-0.39, 0.29) is 23.7 Å². The third kappa shape index (κ3) is 9.61. The average Bonchev–Trinajstić information content (AvgIpc) is 3.47. The fraction of sp³-hybridized carbons (Fsp3) is 0.593. The molecule has 248 valence electrons. The summed E-state index contributed by atoms with van der Waals surface area (Å²) in [6, 6.07) is 0.748. The van der Waals surface area contributed by atoms with Gasteiger partial charge in [-0.05, 0) is 26.2 Å². The quantitative estimate of drug-likeness (QED) is 0.140. The van der Waals surface area contributed by atoms with Gasteiger partial charge in [0.1, 0.15) is 0 Å². The molecule has 1 aliphatic carbocycles. The van der Waals surface area contributed by atoms with Crippen LogP contribution in [0.3, 0.4) is 0 Å². The molecule has 0 radical (unpaired) electrons. The summed E-state index contributed by atoms with van der Waals surface area (Å²) in [6.07, 6.45) is 5.84. The maximum Gasteiger partial charge on any atom is 0.414 e. The molecule has 0 spiro atoms. The van der Waals surface area contributed by atoms with Crippen LogP contribution in [0.4, 0.5) is 16.2 Å². The van der Waals surface area contributed by atoms with E-state index in [9.17, 15) is 39.5 Å². The average molecular weight is 655 g/mol. The Morgan fingerprint density at radius 3 is 2.22 bits per heavy atom. The summed E-state index contributed by atoms with van der Waals surface area (Å²) < 4.78 is 29.8. The monoisotopic (exact) mass is 654 g/mol. The Labute approximate surface area is 259 Å². The maximum atomic E-state index is 13.5. The van der Waals surface area contributed by atoms with E-state index < -0.39 is 64.9 Å². The molecule has 45 heavy (non-hydrogen) atoms. The number of rotatable bonds is 15. The van der Waals surface area contributed by atoms with Crippen molar-refractivity contribution in [1.82, 2.24) is 20.2 Å². The highest BCUT2D eigenvalue weighted by atomic mass is 31.2. The van der Waals surface area contributed by atoms with Gasteiger partial charge in [0.2, 0.25) is 5.91 Å². The van der Waals surface area contributed by atoms with Gasteiger partial charge in [-0.25, -0.2) is 9.78 Å². The Morgan fingerprint density at radius 1 is 1.09 bits per heavy atom. The van der Waals surface area contributed by atoms with Crippen LogP contribution < -0.4 is 10.6 Å². The molecule has 1 heterocycles. The van der Waals surface area contributed by atoms with Crippen LogP contribution in [-0.2, 0) is 29.6 Å². The highest BCUT2D eigenvalue weighted by Gasteiger charge is 2.41. The molecule has 1 aliphatic rings. The summed E-state index contributed by atoms with van der Waals surface area (Å²) in [5, 5.41) is 39.5. The number of amides is 2.